The van der Waals surface area contributed by atoms with Crippen molar-refractivity contribution in [3.63, 3.8) is 0 Å². The third-order valence-corrected chi connectivity index (χ3v) is 3.23. The summed E-state index contributed by atoms with van der Waals surface area (Å²) in [6.07, 6.45) is 1.46. The Bertz CT molecular complexity index is 769. The number of carbonyl (C=O) groups is 1. The van der Waals surface area contributed by atoms with Gasteiger partial charge in [-0.15, -0.1) is 0 Å². The number of hydrogen-bond acceptors (Lipinski definition) is 4. The molecule has 1 aromatic heterocycles. The molecule has 3 aromatic rings. The van der Waals surface area contributed by atoms with Crippen molar-refractivity contribution in [1.82, 2.24) is 0 Å². The topological polar surface area (TPSA) is 60.7 Å². The first-order chi connectivity index (χ1) is 11.8. The van der Waals surface area contributed by atoms with Gasteiger partial charge >= 0.3 is 0 Å². The Morgan fingerprint density at radius 1 is 0.875 bits per heavy atom. The van der Waals surface area contributed by atoms with Crippen LogP contribution in [0.3, 0.4) is 0 Å². The van der Waals surface area contributed by atoms with Gasteiger partial charge in [0, 0.05) is 0 Å². The van der Waals surface area contributed by atoms with Crippen molar-refractivity contribution < 1.29 is 18.7 Å². The Morgan fingerprint density at radius 2 is 1.62 bits per heavy atom. The number of hydrogen-bond donors (Lipinski definition) is 1. The third-order valence-electron chi connectivity index (χ3n) is 3.23. The second kappa shape index (κ2) is 7.87. The molecule has 0 aliphatic rings. The van der Waals surface area contributed by atoms with Crippen LogP contribution in [0, 0.1) is 0 Å². The highest BCUT2D eigenvalue weighted by Gasteiger charge is 2.11. The fourth-order valence-corrected chi connectivity index (χ4v) is 2.12. The summed E-state index contributed by atoms with van der Waals surface area (Å²) in [6.45, 7) is 0.771. The standard InChI is InChI=1S/C19H17NO4/c21-19(18-11-6-12-23-18)20-16-9-4-5-10-17(16)24-14-13-22-15-7-2-1-3-8-15/h1-12H,13-14H2,(H,20,21). The van der Waals surface area contributed by atoms with Gasteiger partial charge in [-0.2, -0.15) is 0 Å². The third kappa shape index (κ3) is 4.16. The minimum atomic E-state index is -0.323. The largest absolute Gasteiger partial charge is 0.490 e. The molecule has 3 rings (SSSR count). The van der Waals surface area contributed by atoms with Crippen molar-refractivity contribution in [1.29, 1.82) is 0 Å². The van der Waals surface area contributed by atoms with Gasteiger partial charge in [0.2, 0.25) is 0 Å². The van der Waals surface area contributed by atoms with Crippen molar-refractivity contribution in [3.8, 4) is 11.5 Å². The quantitative estimate of drug-likeness (QED) is 0.668. The van der Waals surface area contributed by atoms with E-state index in [4.69, 9.17) is 13.9 Å². The highest BCUT2D eigenvalue weighted by atomic mass is 16.5. The van der Waals surface area contributed by atoms with E-state index in [1.807, 2.05) is 42.5 Å². The van der Waals surface area contributed by atoms with Gasteiger partial charge in [-0.1, -0.05) is 30.3 Å². The maximum Gasteiger partial charge on any atom is 0.291 e. The summed E-state index contributed by atoms with van der Waals surface area (Å²) >= 11 is 0. The van der Waals surface area contributed by atoms with Crippen molar-refractivity contribution in [2.24, 2.45) is 0 Å². The van der Waals surface area contributed by atoms with E-state index in [2.05, 4.69) is 5.32 Å². The van der Waals surface area contributed by atoms with Crippen LogP contribution in [0.25, 0.3) is 0 Å². The van der Waals surface area contributed by atoms with Crippen LogP contribution in [-0.2, 0) is 0 Å². The summed E-state index contributed by atoms with van der Waals surface area (Å²) in [5, 5.41) is 2.77. The van der Waals surface area contributed by atoms with Crippen LogP contribution in [0.1, 0.15) is 10.6 Å². The Balaban J connectivity index is 1.55. The summed E-state index contributed by atoms with van der Waals surface area (Å²) in [5.41, 5.74) is 0.582. The predicted molar refractivity (Wildman–Crippen MR) is 90.5 cm³/mol. The summed E-state index contributed by atoms with van der Waals surface area (Å²) in [4.78, 5) is 12.1. The van der Waals surface area contributed by atoms with E-state index in [0.717, 1.165) is 5.75 Å². The van der Waals surface area contributed by atoms with Crippen molar-refractivity contribution in [2.45, 2.75) is 0 Å². The highest BCUT2D eigenvalue weighted by Crippen LogP contribution is 2.24. The number of carbonyl (C=O) groups excluding carboxylic acids is 1. The molecule has 122 valence electrons. The summed E-state index contributed by atoms with van der Waals surface area (Å²) in [6, 6.07) is 20.0. The normalized spacial score (nSPS) is 10.2. The predicted octanol–water partition coefficient (Wildman–Crippen LogP) is 3.99. The zero-order valence-corrected chi connectivity index (χ0v) is 13.0. The van der Waals surface area contributed by atoms with Gasteiger partial charge in [-0.25, -0.2) is 0 Å². The van der Waals surface area contributed by atoms with E-state index in [0.29, 0.717) is 24.7 Å². The number of para-hydroxylation sites is 3. The lowest BCUT2D eigenvalue weighted by Gasteiger charge is -2.12. The van der Waals surface area contributed by atoms with Gasteiger partial charge in [0.05, 0.1) is 12.0 Å². The molecule has 24 heavy (non-hydrogen) atoms. The van der Waals surface area contributed by atoms with Gasteiger partial charge < -0.3 is 19.2 Å². The second-order valence-corrected chi connectivity index (χ2v) is 4.94. The first-order valence-electron chi connectivity index (χ1n) is 7.57. The highest BCUT2D eigenvalue weighted by molar-refractivity contribution is 6.03. The minimum absolute atomic E-state index is 0.247. The van der Waals surface area contributed by atoms with Crippen LogP contribution >= 0.6 is 0 Å². The smallest absolute Gasteiger partial charge is 0.291 e. The molecule has 1 amide bonds. The molecule has 0 fully saturated rings. The van der Waals surface area contributed by atoms with E-state index in [-0.39, 0.29) is 11.7 Å². The number of anilines is 1. The molecule has 0 atom stereocenters. The molecule has 0 radical (unpaired) electrons. The van der Waals surface area contributed by atoms with Crippen molar-refractivity contribution in [2.75, 3.05) is 18.5 Å². The molecular formula is C19H17NO4. The average molecular weight is 323 g/mol. The molecular weight excluding hydrogens is 306 g/mol. The fourth-order valence-electron chi connectivity index (χ4n) is 2.12. The van der Waals surface area contributed by atoms with Gasteiger partial charge in [-0.3, -0.25) is 4.79 Å². The number of ether oxygens (including phenoxy) is 2. The molecule has 1 N–H and O–H groups in total. The van der Waals surface area contributed by atoms with Crippen LogP contribution in [0.2, 0.25) is 0 Å². The van der Waals surface area contributed by atoms with Crippen LogP contribution in [0.5, 0.6) is 11.5 Å². The number of rotatable bonds is 7. The van der Waals surface area contributed by atoms with Crippen molar-refractivity contribution in [3.05, 3.63) is 78.8 Å². The number of nitrogens with one attached hydrogen (secondary N) is 1. The molecule has 0 bridgehead atoms. The lowest BCUT2D eigenvalue weighted by atomic mass is 10.3. The van der Waals surface area contributed by atoms with E-state index < -0.39 is 0 Å². The zero-order chi connectivity index (χ0) is 16.6. The number of benzene rings is 2. The first kappa shape index (κ1) is 15.7. The molecule has 5 heteroatoms. The van der Waals surface area contributed by atoms with Crippen molar-refractivity contribution >= 4 is 11.6 Å². The van der Waals surface area contributed by atoms with Gasteiger partial charge in [0.1, 0.15) is 24.7 Å². The van der Waals surface area contributed by atoms with Gasteiger partial charge in [0.25, 0.3) is 5.91 Å². The first-order valence-corrected chi connectivity index (χ1v) is 7.57. The Kier molecular flexibility index (Phi) is 5.14. The molecule has 0 unspecified atom stereocenters. The molecule has 1 heterocycles. The van der Waals surface area contributed by atoms with Gasteiger partial charge in [-0.05, 0) is 36.4 Å². The molecule has 2 aromatic carbocycles. The SMILES string of the molecule is O=C(Nc1ccccc1OCCOc1ccccc1)c1ccco1. The monoisotopic (exact) mass is 323 g/mol. The average Bonchev–Trinajstić information content (AvgIpc) is 3.16. The summed E-state index contributed by atoms with van der Waals surface area (Å²) in [5.74, 6) is 1.29. The van der Waals surface area contributed by atoms with Crippen LogP contribution in [-0.4, -0.2) is 19.1 Å². The molecule has 0 aliphatic heterocycles. The second-order valence-electron chi connectivity index (χ2n) is 4.94. The Hall–Kier alpha value is -3.21. The minimum Gasteiger partial charge on any atom is -0.490 e. The van der Waals surface area contributed by atoms with E-state index >= 15 is 0 Å². The molecule has 0 saturated carbocycles. The van der Waals surface area contributed by atoms with E-state index in [9.17, 15) is 4.79 Å². The molecule has 0 saturated heterocycles. The summed E-state index contributed by atoms with van der Waals surface area (Å²) in [7, 11) is 0. The molecule has 0 spiro atoms. The van der Waals surface area contributed by atoms with Crippen LogP contribution < -0.4 is 14.8 Å². The number of amides is 1. The van der Waals surface area contributed by atoms with E-state index in [1.165, 1.54) is 6.26 Å². The number of furan rings is 1. The molecule has 5 nitrogen and oxygen atoms in total. The van der Waals surface area contributed by atoms with Crippen LogP contribution in [0.4, 0.5) is 5.69 Å². The Morgan fingerprint density at radius 3 is 2.42 bits per heavy atom. The molecule has 0 aliphatic carbocycles. The summed E-state index contributed by atoms with van der Waals surface area (Å²) < 4.78 is 16.4. The maximum atomic E-state index is 12.1. The fraction of sp³-hybridized carbons (Fsp3) is 0.105. The maximum absolute atomic E-state index is 12.1. The lowest BCUT2D eigenvalue weighted by molar-refractivity contribution is 0.0996. The Labute approximate surface area is 139 Å². The van der Waals surface area contributed by atoms with E-state index in [1.54, 1.807) is 24.3 Å². The van der Waals surface area contributed by atoms with Gasteiger partial charge in [0.15, 0.2) is 5.76 Å². The zero-order valence-electron chi connectivity index (χ0n) is 13.0. The van der Waals surface area contributed by atoms with Crippen LogP contribution in [0.15, 0.2) is 77.4 Å². The lowest BCUT2D eigenvalue weighted by Crippen LogP contribution is -2.14.